The van der Waals surface area contributed by atoms with Crippen LogP contribution in [0.3, 0.4) is 0 Å². The van der Waals surface area contributed by atoms with E-state index >= 15 is 0 Å². The second-order valence-corrected chi connectivity index (χ2v) is 7.41. The number of nitrogens with zero attached hydrogens (tertiary/aromatic N) is 2. The second kappa shape index (κ2) is 6.89. The summed E-state index contributed by atoms with van der Waals surface area (Å²) in [7, 11) is 0. The molecule has 0 bridgehead atoms. The van der Waals surface area contributed by atoms with Crippen LogP contribution >= 0.6 is 31.9 Å². The summed E-state index contributed by atoms with van der Waals surface area (Å²) in [6.45, 7) is 8.18. The summed E-state index contributed by atoms with van der Waals surface area (Å²) in [4.78, 5) is 2.50. The monoisotopic (exact) mass is 429 g/mol. The van der Waals surface area contributed by atoms with Gasteiger partial charge < -0.3 is 15.1 Å². The van der Waals surface area contributed by atoms with E-state index in [0.29, 0.717) is 12.5 Å². The number of ether oxygens (including phenoxy) is 1. The molecule has 0 spiro atoms. The molecule has 2 unspecified atom stereocenters. The van der Waals surface area contributed by atoms with E-state index in [0.717, 1.165) is 40.8 Å². The number of fused-ring (bicyclic) bond motifs is 1. The quantitative estimate of drug-likeness (QED) is 0.785. The minimum Gasteiger partial charge on any atom is -0.492 e. The zero-order valence-electron chi connectivity index (χ0n) is 12.9. The standard InChI is InChI=1S/C16H21Br2N3O/c1-3-21-6-5-14-11(9-21)15(20-19-14)10-7-12(17)16(22-4-2)13(18)8-10/h7-8,11,15,20H,3-6,9H2,1-2H3. The molecule has 1 saturated heterocycles. The van der Waals surface area contributed by atoms with Gasteiger partial charge in [0, 0.05) is 31.1 Å². The zero-order chi connectivity index (χ0) is 15.7. The fourth-order valence-corrected chi connectivity index (χ4v) is 4.70. The first-order chi connectivity index (χ1) is 10.6. The van der Waals surface area contributed by atoms with Gasteiger partial charge in [0.05, 0.1) is 21.6 Å². The molecule has 6 heteroatoms. The highest BCUT2D eigenvalue weighted by atomic mass is 79.9. The van der Waals surface area contributed by atoms with Crippen LogP contribution < -0.4 is 10.2 Å². The lowest BCUT2D eigenvalue weighted by Gasteiger charge is -2.33. The van der Waals surface area contributed by atoms with Crippen molar-refractivity contribution in [1.29, 1.82) is 0 Å². The number of piperidine rings is 1. The Hall–Kier alpha value is -0.590. The van der Waals surface area contributed by atoms with Crippen LogP contribution in [0.2, 0.25) is 0 Å². The Bertz CT molecular complexity index is 568. The van der Waals surface area contributed by atoms with E-state index in [1.165, 1.54) is 11.3 Å². The minimum absolute atomic E-state index is 0.243. The van der Waals surface area contributed by atoms with E-state index < -0.39 is 0 Å². The van der Waals surface area contributed by atoms with Crippen molar-refractivity contribution in [3.05, 3.63) is 26.6 Å². The van der Waals surface area contributed by atoms with Gasteiger partial charge in [0.2, 0.25) is 0 Å². The Balaban J connectivity index is 1.85. The van der Waals surface area contributed by atoms with Crippen LogP contribution in [0.1, 0.15) is 31.9 Å². The molecule has 2 atom stereocenters. The first-order valence-electron chi connectivity index (χ1n) is 7.80. The molecule has 3 rings (SSSR count). The maximum Gasteiger partial charge on any atom is 0.147 e. The fourth-order valence-electron chi connectivity index (χ4n) is 3.25. The number of rotatable bonds is 4. The Kier molecular flexibility index (Phi) is 5.10. The number of likely N-dealkylation sites (tertiary alicyclic amines) is 1. The SMILES string of the molecule is CCOc1c(Br)cc(C2NN=C3CCN(CC)CC32)cc1Br. The smallest absolute Gasteiger partial charge is 0.147 e. The van der Waals surface area contributed by atoms with Crippen molar-refractivity contribution in [2.24, 2.45) is 11.0 Å². The van der Waals surface area contributed by atoms with Gasteiger partial charge >= 0.3 is 0 Å². The lowest BCUT2D eigenvalue weighted by molar-refractivity contribution is 0.238. The number of nitrogens with one attached hydrogen (secondary N) is 1. The van der Waals surface area contributed by atoms with Gasteiger partial charge in [0.1, 0.15) is 5.75 Å². The van der Waals surface area contributed by atoms with Gasteiger partial charge in [0.15, 0.2) is 0 Å². The molecule has 0 aromatic heterocycles. The van der Waals surface area contributed by atoms with Gasteiger partial charge in [0.25, 0.3) is 0 Å². The van der Waals surface area contributed by atoms with Crippen LogP contribution in [0.15, 0.2) is 26.2 Å². The molecular weight excluding hydrogens is 410 g/mol. The summed E-state index contributed by atoms with van der Waals surface area (Å²) in [6, 6.07) is 4.54. The first kappa shape index (κ1) is 16.3. The highest BCUT2D eigenvalue weighted by molar-refractivity contribution is 9.11. The molecule has 4 nitrogen and oxygen atoms in total. The number of halogens is 2. The summed E-state index contributed by atoms with van der Waals surface area (Å²) < 4.78 is 7.64. The Morgan fingerprint density at radius 2 is 2.05 bits per heavy atom. The number of hydrogen-bond acceptors (Lipinski definition) is 4. The molecule has 2 heterocycles. The van der Waals surface area contributed by atoms with Gasteiger partial charge in [-0.25, -0.2) is 0 Å². The molecule has 2 aliphatic heterocycles. The number of hydrogen-bond donors (Lipinski definition) is 1. The highest BCUT2D eigenvalue weighted by Gasteiger charge is 2.37. The van der Waals surface area contributed by atoms with Crippen molar-refractivity contribution in [3.8, 4) is 5.75 Å². The average Bonchev–Trinajstić information content (AvgIpc) is 2.93. The Morgan fingerprint density at radius 3 is 2.68 bits per heavy atom. The number of hydrazone groups is 1. The minimum atomic E-state index is 0.243. The first-order valence-corrected chi connectivity index (χ1v) is 9.38. The topological polar surface area (TPSA) is 36.9 Å². The maximum atomic E-state index is 5.68. The molecule has 1 fully saturated rings. The van der Waals surface area contributed by atoms with E-state index in [1.807, 2.05) is 6.92 Å². The predicted octanol–water partition coefficient (Wildman–Crippen LogP) is 3.95. The van der Waals surface area contributed by atoms with E-state index in [4.69, 9.17) is 4.74 Å². The normalized spacial score (nSPS) is 24.6. The molecule has 1 aromatic carbocycles. The van der Waals surface area contributed by atoms with Crippen molar-refractivity contribution in [2.45, 2.75) is 26.3 Å². The molecule has 22 heavy (non-hydrogen) atoms. The Morgan fingerprint density at radius 1 is 1.32 bits per heavy atom. The molecule has 1 N–H and O–H groups in total. The van der Waals surface area contributed by atoms with Gasteiger partial charge in [-0.05, 0) is 63.0 Å². The third-order valence-electron chi connectivity index (χ3n) is 4.43. The lowest BCUT2D eigenvalue weighted by Crippen LogP contribution is -2.41. The lowest BCUT2D eigenvalue weighted by atomic mass is 9.86. The van der Waals surface area contributed by atoms with Crippen molar-refractivity contribution in [1.82, 2.24) is 10.3 Å². The third kappa shape index (κ3) is 3.05. The van der Waals surface area contributed by atoms with Gasteiger partial charge in [-0.2, -0.15) is 5.10 Å². The molecular formula is C16H21Br2N3O. The highest BCUT2D eigenvalue weighted by Crippen LogP contribution is 2.40. The predicted molar refractivity (Wildman–Crippen MR) is 96.5 cm³/mol. The van der Waals surface area contributed by atoms with Gasteiger partial charge in [-0.15, -0.1) is 0 Å². The zero-order valence-corrected chi connectivity index (χ0v) is 16.1. The van der Waals surface area contributed by atoms with Crippen LogP contribution in [0.4, 0.5) is 0 Å². The summed E-state index contributed by atoms with van der Waals surface area (Å²) in [5, 5.41) is 4.58. The molecule has 0 saturated carbocycles. The van der Waals surface area contributed by atoms with E-state index in [-0.39, 0.29) is 6.04 Å². The van der Waals surface area contributed by atoms with E-state index in [1.54, 1.807) is 0 Å². The van der Waals surface area contributed by atoms with E-state index in [9.17, 15) is 0 Å². The third-order valence-corrected chi connectivity index (χ3v) is 5.61. The average molecular weight is 431 g/mol. The largest absolute Gasteiger partial charge is 0.492 e. The van der Waals surface area contributed by atoms with E-state index in [2.05, 4.69) is 66.3 Å². The molecule has 2 aliphatic rings. The van der Waals surface area contributed by atoms with Crippen LogP contribution in [-0.2, 0) is 0 Å². The molecule has 1 aromatic rings. The molecule has 0 amide bonds. The number of benzene rings is 1. The summed E-state index contributed by atoms with van der Waals surface area (Å²) in [5.74, 6) is 1.33. The molecule has 0 aliphatic carbocycles. The summed E-state index contributed by atoms with van der Waals surface area (Å²) >= 11 is 7.26. The van der Waals surface area contributed by atoms with Crippen LogP contribution in [0.5, 0.6) is 5.75 Å². The van der Waals surface area contributed by atoms with Crippen molar-refractivity contribution in [3.63, 3.8) is 0 Å². The van der Waals surface area contributed by atoms with Crippen molar-refractivity contribution in [2.75, 3.05) is 26.2 Å². The second-order valence-electron chi connectivity index (χ2n) is 5.71. The molecule has 0 radical (unpaired) electrons. The van der Waals surface area contributed by atoms with Crippen LogP contribution in [0.25, 0.3) is 0 Å². The summed E-state index contributed by atoms with van der Waals surface area (Å²) in [5.41, 5.74) is 5.90. The maximum absolute atomic E-state index is 5.68. The Labute approximate surface area is 148 Å². The van der Waals surface area contributed by atoms with Crippen molar-refractivity contribution >= 4 is 37.6 Å². The fraction of sp³-hybridized carbons (Fsp3) is 0.562. The summed E-state index contributed by atoms with van der Waals surface area (Å²) in [6.07, 6.45) is 1.07. The molecule has 120 valence electrons. The van der Waals surface area contributed by atoms with Crippen molar-refractivity contribution < 1.29 is 4.74 Å². The van der Waals surface area contributed by atoms with Gasteiger partial charge in [-0.1, -0.05) is 6.92 Å². The van der Waals surface area contributed by atoms with Crippen LogP contribution in [-0.4, -0.2) is 36.9 Å². The van der Waals surface area contributed by atoms with Crippen LogP contribution in [0, 0.1) is 5.92 Å². The van der Waals surface area contributed by atoms with Gasteiger partial charge in [-0.3, -0.25) is 0 Å².